The standard InChI is InChI=1S/C9H9ClFNO/c1-6(11)13-8-5-3-2-4-7(8)9(10)12/h2-6,12H,1H3. The largest absolute Gasteiger partial charge is 0.460 e. The van der Waals surface area contributed by atoms with Gasteiger partial charge in [0.05, 0.1) is 5.56 Å². The maximum atomic E-state index is 12.5. The monoisotopic (exact) mass is 201 g/mol. The minimum atomic E-state index is -1.41. The predicted molar refractivity (Wildman–Crippen MR) is 50.3 cm³/mol. The van der Waals surface area contributed by atoms with Gasteiger partial charge in [0, 0.05) is 6.92 Å². The highest BCUT2D eigenvalue weighted by molar-refractivity contribution is 6.69. The van der Waals surface area contributed by atoms with E-state index in [1.807, 2.05) is 0 Å². The molecule has 0 fully saturated rings. The van der Waals surface area contributed by atoms with Crippen LogP contribution in [0.4, 0.5) is 4.39 Å². The zero-order chi connectivity index (χ0) is 9.84. The molecule has 0 bridgehead atoms. The summed E-state index contributed by atoms with van der Waals surface area (Å²) >= 11 is 5.47. The van der Waals surface area contributed by atoms with Crippen molar-refractivity contribution < 1.29 is 9.13 Å². The van der Waals surface area contributed by atoms with Gasteiger partial charge < -0.3 is 4.74 Å². The molecule has 1 aromatic carbocycles. The van der Waals surface area contributed by atoms with E-state index in [1.54, 1.807) is 24.3 Å². The third-order valence-corrected chi connectivity index (χ3v) is 1.62. The number of benzene rings is 1. The number of ether oxygens (including phenoxy) is 1. The van der Waals surface area contributed by atoms with Crippen LogP contribution in [0.5, 0.6) is 5.75 Å². The molecule has 0 aromatic heterocycles. The fourth-order valence-corrected chi connectivity index (χ4v) is 1.08. The van der Waals surface area contributed by atoms with Crippen LogP contribution in [0, 0.1) is 5.41 Å². The molecule has 1 aromatic rings. The minimum Gasteiger partial charge on any atom is -0.460 e. The molecular weight excluding hydrogens is 193 g/mol. The summed E-state index contributed by atoms with van der Waals surface area (Å²) in [6.45, 7) is 1.27. The number of nitrogens with one attached hydrogen (secondary N) is 1. The summed E-state index contributed by atoms with van der Waals surface area (Å²) in [6.07, 6.45) is -1.41. The summed E-state index contributed by atoms with van der Waals surface area (Å²) in [5.41, 5.74) is 0.397. The molecule has 4 heteroatoms. The molecule has 1 rings (SSSR count). The van der Waals surface area contributed by atoms with Crippen LogP contribution in [-0.4, -0.2) is 11.5 Å². The van der Waals surface area contributed by atoms with Crippen LogP contribution in [0.25, 0.3) is 0 Å². The predicted octanol–water partition coefficient (Wildman–Crippen LogP) is 2.95. The van der Waals surface area contributed by atoms with E-state index in [-0.39, 0.29) is 10.9 Å². The molecule has 0 amide bonds. The van der Waals surface area contributed by atoms with Gasteiger partial charge in [-0.15, -0.1) is 0 Å². The minimum absolute atomic E-state index is 0.156. The van der Waals surface area contributed by atoms with Crippen molar-refractivity contribution in [1.82, 2.24) is 0 Å². The van der Waals surface area contributed by atoms with Crippen molar-refractivity contribution >= 4 is 16.8 Å². The molecule has 0 spiro atoms. The summed E-state index contributed by atoms with van der Waals surface area (Å²) < 4.78 is 17.3. The van der Waals surface area contributed by atoms with Gasteiger partial charge in [-0.1, -0.05) is 23.7 Å². The third kappa shape index (κ3) is 2.70. The van der Waals surface area contributed by atoms with Crippen molar-refractivity contribution in [2.24, 2.45) is 0 Å². The number of alkyl halides is 1. The summed E-state index contributed by atoms with van der Waals surface area (Å²) in [7, 11) is 0. The first-order chi connectivity index (χ1) is 6.11. The van der Waals surface area contributed by atoms with Crippen molar-refractivity contribution in [3.05, 3.63) is 29.8 Å². The second-order valence-corrected chi connectivity index (χ2v) is 2.85. The Kier molecular flexibility index (Phi) is 3.25. The quantitative estimate of drug-likeness (QED) is 0.750. The number of para-hydroxylation sites is 1. The van der Waals surface area contributed by atoms with E-state index in [0.29, 0.717) is 5.56 Å². The van der Waals surface area contributed by atoms with Gasteiger partial charge >= 0.3 is 0 Å². The number of hydrogen-bond acceptors (Lipinski definition) is 2. The van der Waals surface area contributed by atoms with Gasteiger partial charge in [-0.2, -0.15) is 0 Å². The first kappa shape index (κ1) is 9.99. The smallest absolute Gasteiger partial charge is 0.235 e. The lowest BCUT2D eigenvalue weighted by Crippen LogP contribution is -2.06. The molecule has 0 aliphatic carbocycles. The van der Waals surface area contributed by atoms with E-state index in [0.717, 1.165) is 0 Å². The van der Waals surface area contributed by atoms with Crippen LogP contribution < -0.4 is 4.74 Å². The van der Waals surface area contributed by atoms with Crippen LogP contribution in [-0.2, 0) is 0 Å². The fourth-order valence-electron chi connectivity index (χ4n) is 0.926. The molecule has 0 aliphatic rings. The first-order valence-electron chi connectivity index (χ1n) is 3.75. The highest BCUT2D eigenvalue weighted by Crippen LogP contribution is 2.21. The van der Waals surface area contributed by atoms with Crippen molar-refractivity contribution in [2.75, 3.05) is 0 Å². The molecule has 1 atom stereocenters. The SMILES string of the molecule is CC(F)Oc1ccccc1C(=N)Cl. The second kappa shape index (κ2) is 4.23. The highest BCUT2D eigenvalue weighted by atomic mass is 35.5. The zero-order valence-electron chi connectivity index (χ0n) is 7.05. The summed E-state index contributed by atoms with van der Waals surface area (Å²) in [5, 5.41) is 7.03. The Labute approximate surface area is 80.8 Å². The maximum absolute atomic E-state index is 12.5. The Morgan fingerprint density at radius 1 is 1.54 bits per heavy atom. The van der Waals surface area contributed by atoms with Gasteiger partial charge in [-0.25, -0.2) is 4.39 Å². The normalized spacial score (nSPS) is 12.2. The van der Waals surface area contributed by atoms with Crippen molar-refractivity contribution in [1.29, 1.82) is 5.41 Å². The van der Waals surface area contributed by atoms with Gasteiger partial charge in [-0.3, -0.25) is 5.41 Å². The molecule has 0 saturated carbocycles. The average molecular weight is 202 g/mol. The van der Waals surface area contributed by atoms with E-state index >= 15 is 0 Å². The van der Waals surface area contributed by atoms with Gasteiger partial charge in [0.2, 0.25) is 6.36 Å². The van der Waals surface area contributed by atoms with Crippen molar-refractivity contribution in [3.8, 4) is 5.75 Å². The number of hydrogen-bond donors (Lipinski definition) is 1. The lowest BCUT2D eigenvalue weighted by atomic mass is 10.2. The molecule has 0 radical (unpaired) electrons. The van der Waals surface area contributed by atoms with E-state index < -0.39 is 6.36 Å². The van der Waals surface area contributed by atoms with Gasteiger partial charge in [0.1, 0.15) is 10.9 Å². The molecule has 13 heavy (non-hydrogen) atoms. The van der Waals surface area contributed by atoms with Gasteiger partial charge in [0.15, 0.2) is 0 Å². The Hall–Kier alpha value is -1.09. The molecule has 70 valence electrons. The van der Waals surface area contributed by atoms with E-state index in [2.05, 4.69) is 0 Å². The van der Waals surface area contributed by atoms with Crippen LogP contribution in [0.2, 0.25) is 0 Å². The zero-order valence-corrected chi connectivity index (χ0v) is 7.81. The maximum Gasteiger partial charge on any atom is 0.235 e. The van der Waals surface area contributed by atoms with Crippen LogP contribution in [0.3, 0.4) is 0 Å². The molecule has 1 unspecified atom stereocenters. The Morgan fingerprint density at radius 2 is 2.15 bits per heavy atom. The number of rotatable bonds is 3. The summed E-state index contributed by atoms with van der Waals surface area (Å²) in [6, 6.07) is 6.58. The molecule has 1 N–H and O–H groups in total. The molecule has 0 aliphatic heterocycles. The topological polar surface area (TPSA) is 33.1 Å². The highest BCUT2D eigenvalue weighted by Gasteiger charge is 2.08. The number of halogens is 2. The molecule has 2 nitrogen and oxygen atoms in total. The molecular formula is C9H9ClFNO. The fraction of sp³-hybridized carbons (Fsp3) is 0.222. The van der Waals surface area contributed by atoms with Crippen LogP contribution >= 0.6 is 11.6 Å². The summed E-state index contributed by atoms with van der Waals surface area (Å²) in [5.74, 6) is 0.289. The lowest BCUT2D eigenvalue weighted by Gasteiger charge is -2.09. The third-order valence-electron chi connectivity index (χ3n) is 1.41. The Bertz CT molecular complexity index is 314. The van der Waals surface area contributed by atoms with E-state index in [9.17, 15) is 4.39 Å². The molecule has 0 heterocycles. The molecule has 0 saturated heterocycles. The lowest BCUT2D eigenvalue weighted by molar-refractivity contribution is 0.0859. The van der Waals surface area contributed by atoms with Crippen molar-refractivity contribution in [3.63, 3.8) is 0 Å². The van der Waals surface area contributed by atoms with Crippen LogP contribution in [0.1, 0.15) is 12.5 Å². The van der Waals surface area contributed by atoms with Crippen LogP contribution in [0.15, 0.2) is 24.3 Å². The Balaban J connectivity index is 2.98. The average Bonchev–Trinajstić information content (AvgIpc) is 2.03. The van der Waals surface area contributed by atoms with E-state index in [1.165, 1.54) is 6.92 Å². The van der Waals surface area contributed by atoms with Gasteiger partial charge in [0.25, 0.3) is 0 Å². The van der Waals surface area contributed by atoms with Gasteiger partial charge in [-0.05, 0) is 12.1 Å². The first-order valence-corrected chi connectivity index (χ1v) is 4.13. The van der Waals surface area contributed by atoms with Crippen molar-refractivity contribution in [2.45, 2.75) is 13.3 Å². The summed E-state index contributed by atoms with van der Waals surface area (Å²) in [4.78, 5) is 0. The second-order valence-electron chi connectivity index (χ2n) is 2.47. The van der Waals surface area contributed by atoms with E-state index in [4.69, 9.17) is 21.7 Å². The Morgan fingerprint density at radius 3 is 2.69 bits per heavy atom.